The van der Waals surface area contributed by atoms with Crippen LogP contribution in [0.15, 0.2) is 58.6 Å². The van der Waals surface area contributed by atoms with Crippen LogP contribution in [0.3, 0.4) is 0 Å². The Balaban J connectivity index is 2.00. The molecule has 0 aliphatic heterocycles. The average molecular weight is 414 g/mol. The predicted molar refractivity (Wildman–Crippen MR) is 101 cm³/mol. The molecule has 6 heteroatoms. The first-order valence-corrected chi connectivity index (χ1v) is 8.63. The maximum absolute atomic E-state index is 12.0. The van der Waals surface area contributed by atoms with Gasteiger partial charge in [0.05, 0.1) is 6.61 Å². The van der Waals surface area contributed by atoms with Crippen LogP contribution >= 0.6 is 15.9 Å². The molecular formula is C20H16BrNO4. The van der Waals surface area contributed by atoms with E-state index in [0.29, 0.717) is 23.5 Å². The summed E-state index contributed by atoms with van der Waals surface area (Å²) in [4.78, 5) is 24.1. The summed E-state index contributed by atoms with van der Waals surface area (Å²) in [5.41, 5.74) is 0.897. The molecule has 0 unspecified atom stereocenters. The Morgan fingerprint density at radius 1 is 1.12 bits per heavy atom. The number of hydrogen-bond acceptors (Lipinski definition) is 5. The molecule has 26 heavy (non-hydrogen) atoms. The van der Waals surface area contributed by atoms with Crippen LogP contribution in [-0.4, -0.2) is 25.0 Å². The summed E-state index contributed by atoms with van der Waals surface area (Å²) in [6.45, 7) is 2.01. The van der Waals surface area contributed by atoms with Gasteiger partial charge in [-0.1, -0.05) is 40.2 Å². The van der Waals surface area contributed by atoms with Gasteiger partial charge in [-0.3, -0.25) is 4.79 Å². The topological polar surface area (TPSA) is 76.4 Å². The molecule has 2 aromatic rings. The van der Waals surface area contributed by atoms with Crippen LogP contribution in [0.25, 0.3) is 6.08 Å². The van der Waals surface area contributed by atoms with E-state index in [2.05, 4.69) is 15.9 Å². The SMILES string of the molecule is CCOc1ccc(/C=C(\C#N)C(=O)OCC(=O)c2ccc(Br)cc2)cc1. The van der Waals surface area contributed by atoms with Crippen molar-refractivity contribution in [1.82, 2.24) is 0 Å². The summed E-state index contributed by atoms with van der Waals surface area (Å²) in [7, 11) is 0. The Bertz CT molecular complexity index is 849. The molecule has 2 aromatic carbocycles. The second kappa shape index (κ2) is 9.54. The number of nitriles is 1. The molecule has 0 saturated heterocycles. The van der Waals surface area contributed by atoms with E-state index in [1.54, 1.807) is 54.6 Å². The Morgan fingerprint density at radius 3 is 2.35 bits per heavy atom. The van der Waals surface area contributed by atoms with Crippen LogP contribution in [0, 0.1) is 11.3 Å². The van der Waals surface area contributed by atoms with Crippen molar-refractivity contribution >= 4 is 33.8 Å². The van der Waals surface area contributed by atoms with Gasteiger partial charge in [0.2, 0.25) is 0 Å². The van der Waals surface area contributed by atoms with Gasteiger partial charge in [-0.25, -0.2) is 4.79 Å². The van der Waals surface area contributed by atoms with E-state index in [1.807, 2.05) is 6.92 Å². The molecule has 5 nitrogen and oxygen atoms in total. The van der Waals surface area contributed by atoms with E-state index < -0.39 is 12.6 Å². The first-order chi connectivity index (χ1) is 12.5. The van der Waals surface area contributed by atoms with Crippen molar-refractivity contribution in [2.45, 2.75) is 6.92 Å². The first-order valence-electron chi connectivity index (χ1n) is 7.84. The quantitative estimate of drug-likeness (QED) is 0.294. The van der Waals surface area contributed by atoms with Crippen LogP contribution in [0.4, 0.5) is 0 Å². The molecule has 0 bridgehead atoms. The molecule has 0 atom stereocenters. The van der Waals surface area contributed by atoms with Crippen molar-refractivity contribution in [3.63, 3.8) is 0 Å². The van der Waals surface area contributed by atoms with Crippen LogP contribution < -0.4 is 4.74 Å². The molecular weight excluding hydrogens is 398 g/mol. The molecule has 0 radical (unpaired) electrons. The zero-order valence-electron chi connectivity index (χ0n) is 14.1. The zero-order valence-corrected chi connectivity index (χ0v) is 15.7. The van der Waals surface area contributed by atoms with Gasteiger partial charge < -0.3 is 9.47 Å². The average Bonchev–Trinajstić information content (AvgIpc) is 2.66. The summed E-state index contributed by atoms with van der Waals surface area (Å²) >= 11 is 3.28. The van der Waals surface area contributed by atoms with Gasteiger partial charge in [-0.05, 0) is 42.8 Å². The van der Waals surface area contributed by atoms with Crippen molar-refractivity contribution < 1.29 is 19.1 Å². The number of hydrogen-bond donors (Lipinski definition) is 0. The van der Waals surface area contributed by atoms with E-state index in [1.165, 1.54) is 6.08 Å². The van der Waals surface area contributed by atoms with Gasteiger partial charge in [-0.2, -0.15) is 5.26 Å². The number of benzene rings is 2. The fourth-order valence-corrected chi connectivity index (χ4v) is 2.32. The van der Waals surface area contributed by atoms with Crippen LogP contribution in [0.1, 0.15) is 22.8 Å². The second-order valence-corrected chi connectivity index (χ2v) is 6.09. The first kappa shape index (κ1) is 19.4. The van der Waals surface area contributed by atoms with Crippen LogP contribution in [-0.2, 0) is 9.53 Å². The molecule has 0 spiro atoms. The molecule has 2 rings (SSSR count). The fraction of sp³-hybridized carbons (Fsp3) is 0.150. The van der Waals surface area contributed by atoms with E-state index in [9.17, 15) is 14.9 Å². The number of esters is 1. The highest BCUT2D eigenvalue weighted by Crippen LogP contribution is 2.15. The zero-order chi connectivity index (χ0) is 18.9. The molecule has 0 saturated carbocycles. The van der Waals surface area contributed by atoms with Crippen LogP contribution in [0.5, 0.6) is 5.75 Å². The Hall–Kier alpha value is -2.91. The van der Waals surface area contributed by atoms with Gasteiger partial charge >= 0.3 is 5.97 Å². The minimum atomic E-state index is -0.841. The maximum atomic E-state index is 12.0. The number of nitrogens with zero attached hydrogens (tertiary/aromatic N) is 1. The van der Waals surface area contributed by atoms with Crippen molar-refractivity contribution in [2.75, 3.05) is 13.2 Å². The summed E-state index contributed by atoms with van der Waals surface area (Å²) in [5, 5.41) is 9.18. The van der Waals surface area contributed by atoms with Crippen molar-refractivity contribution in [3.05, 3.63) is 69.7 Å². The number of rotatable bonds is 7. The van der Waals surface area contributed by atoms with Crippen molar-refractivity contribution in [1.29, 1.82) is 5.26 Å². The molecule has 132 valence electrons. The third-order valence-electron chi connectivity index (χ3n) is 3.34. The monoisotopic (exact) mass is 413 g/mol. The van der Waals surface area contributed by atoms with Crippen molar-refractivity contribution in [3.8, 4) is 11.8 Å². The Morgan fingerprint density at radius 2 is 1.77 bits per heavy atom. The van der Waals surface area contributed by atoms with E-state index in [-0.39, 0.29) is 11.4 Å². The van der Waals surface area contributed by atoms with Crippen LogP contribution in [0.2, 0.25) is 0 Å². The number of carbonyl (C=O) groups is 2. The molecule has 0 amide bonds. The number of ketones is 1. The summed E-state index contributed by atoms with van der Waals surface area (Å²) in [6, 6.07) is 15.4. The van der Waals surface area contributed by atoms with Gasteiger partial charge in [-0.15, -0.1) is 0 Å². The number of halogens is 1. The lowest BCUT2D eigenvalue weighted by molar-refractivity contribution is -0.137. The predicted octanol–water partition coefficient (Wildman–Crippen LogP) is 4.18. The third-order valence-corrected chi connectivity index (χ3v) is 3.87. The molecule has 0 aliphatic rings. The molecule has 0 aliphatic carbocycles. The number of carbonyl (C=O) groups excluding carboxylic acids is 2. The Labute approximate surface area is 160 Å². The van der Waals surface area contributed by atoms with E-state index >= 15 is 0 Å². The van der Waals surface area contributed by atoms with Gasteiger partial charge in [0.15, 0.2) is 12.4 Å². The highest BCUT2D eigenvalue weighted by atomic mass is 79.9. The molecule has 0 fully saturated rings. The lowest BCUT2D eigenvalue weighted by Crippen LogP contribution is -2.15. The number of Topliss-reactive ketones (excluding diaryl/α,β-unsaturated/α-hetero) is 1. The minimum Gasteiger partial charge on any atom is -0.494 e. The van der Waals surface area contributed by atoms with E-state index in [4.69, 9.17) is 9.47 Å². The summed E-state index contributed by atoms with van der Waals surface area (Å²) in [6.07, 6.45) is 1.40. The normalized spacial score (nSPS) is 10.7. The highest BCUT2D eigenvalue weighted by molar-refractivity contribution is 9.10. The second-order valence-electron chi connectivity index (χ2n) is 5.18. The standard InChI is InChI=1S/C20H16BrNO4/c1-2-25-18-9-3-14(4-10-18)11-16(12-22)20(24)26-13-19(23)15-5-7-17(21)8-6-15/h3-11H,2,13H2,1H3/b16-11+. The molecule has 0 heterocycles. The number of ether oxygens (including phenoxy) is 2. The summed E-state index contributed by atoms with van der Waals surface area (Å²) in [5.74, 6) is -0.484. The van der Waals surface area contributed by atoms with E-state index in [0.717, 1.165) is 4.47 Å². The largest absolute Gasteiger partial charge is 0.494 e. The third kappa shape index (κ3) is 5.57. The molecule has 0 N–H and O–H groups in total. The summed E-state index contributed by atoms with van der Waals surface area (Å²) < 4.78 is 11.1. The smallest absolute Gasteiger partial charge is 0.349 e. The molecule has 0 aromatic heterocycles. The highest BCUT2D eigenvalue weighted by Gasteiger charge is 2.14. The Kier molecular flexibility index (Phi) is 7.12. The lowest BCUT2D eigenvalue weighted by atomic mass is 10.1. The van der Waals surface area contributed by atoms with Gasteiger partial charge in [0.25, 0.3) is 0 Å². The fourth-order valence-electron chi connectivity index (χ4n) is 2.06. The van der Waals surface area contributed by atoms with Gasteiger partial charge in [0, 0.05) is 10.0 Å². The maximum Gasteiger partial charge on any atom is 0.349 e. The minimum absolute atomic E-state index is 0.183. The van der Waals surface area contributed by atoms with Crippen molar-refractivity contribution in [2.24, 2.45) is 0 Å². The lowest BCUT2D eigenvalue weighted by Gasteiger charge is -2.05. The van der Waals surface area contributed by atoms with Gasteiger partial charge in [0.1, 0.15) is 17.4 Å².